The van der Waals surface area contributed by atoms with Crippen LogP contribution in [0.1, 0.15) is 42.4 Å². The lowest BCUT2D eigenvalue weighted by molar-refractivity contribution is 0.0291. The Morgan fingerprint density at radius 1 is 1.18 bits per heavy atom. The van der Waals surface area contributed by atoms with Crippen LogP contribution in [-0.2, 0) is 4.74 Å². The maximum Gasteiger partial charge on any atom is 0.357 e. The minimum absolute atomic E-state index is 0.0815. The number of fused-ring (bicyclic) bond motifs is 1. The van der Waals surface area contributed by atoms with Gasteiger partial charge in [-0.2, -0.15) is 0 Å². The number of allylic oxidation sites excluding steroid dienone is 1. The molecule has 0 saturated carbocycles. The minimum Gasteiger partial charge on any atom is -0.496 e. The van der Waals surface area contributed by atoms with E-state index in [0.717, 1.165) is 5.57 Å². The van der Waals surface area contributed by atoms with Gasteiger partial charge < -0.3 is 14.2 Å². The normalized spacial score (nSPS) is 11.4. The molecule has 33 heavy (non-hydrogen) atoms. The largest absolute Gasteiger partial charge is 0.496 e. The molecule has 0 unspecified atom stereocenters. The van der Waals surface area contributed by atoms with Gasteiger partial charge in [-0.05, 0) is 49.4 Å². The molecule has 3 rings (SSSR count). The zero-order valence-corrected chi connectivity index (χ0v) is 18.8. The fourth-order valence-electron chi connectivity index (χ4n) is 3.54. The molecule has 0 bridgehead atoms. The van der Waals surface area contributed by atoms with Crippen LogP contribution in [0.3, 0.4) is 0 Å². The standard InChI is InChI=1S/C24H25N3O6/c1-14(2)8-11-19(33-24(28)18-7-5-6-12-25-18)15-13-20(31-3)21-16(26-29)9-10-17(27-30)22(21)23(15)32-4/h5-10,12-13,19,26,29H,11H2,1-4H3/t19-/m0/s1. The van der Waals surface area contributed by atoms with Crippen molar-refractivity contribution in [1.29, 1.82) is 0 Å². The van der Waals surface area contributed by atoms with Crippen LogP contribution in [0.15, 0.2) is 59.4 Å². The number of nitrogens with one attached hydrogen (secondary N) is 1. The Morgan fingerprint density at radius 2 is 1.97 bits per heavy atom. The van der Waals surface area contributed by atoms with Gasteiger partial charge >= 0.3 is 5.97 Å². The number of carbonyl (C=O) groups excluding carboxylic acids is 1. The number of aromatic nitrogens is 1. The average Bonchev–Trinajstić information content (AvgIpc) is 2.84. The van der Waals surface area contributed by atoms with Crippen LogP contribution in [0.25, 0.3) is 10.8 Å². The zero-order valence-electron chi connectivity index (χ0n) is 18.8. The Bertz CT molecular complexity index is 1190. The molecule has 0 radical (unpaired) electrons. The molecule has 0 aliphatic carbocycles. The number of hydrogen-bond donors (Lipinski definition) is 2. The summed E-state index contributed by atoms with van der Waals surface area (Å²) in [5, 5.41) is 13.4. The SMILES string of the molecule is COc1cc([C@H](CC=C(C)C)OC(=O)c2ccccn2)c(OC)c2c(N=O)ccc(NO)c12. The first-order valence-electron chi connectivity index (χ1n) is 10.2. The third kappa shape index (κ3) is 4.93. The van der Waals surface area contributed by atoms with Crippen LogP contribution in [0.4, 0.5) is 11.4 Å². The number of carbonyl (C=O) groups is 1. The fourth-order valence-corrected chi connectivity index (χ4v) is 3.54. The van der Waals surface area contributed by atoms with E-state index >= 15 is 0 Å². The molecular formula is C24H25N3O6. The van der Waals surface area contributed by atoms with Gasteiger partial charge in [0, 0.05) is 18.2 Å². The number of nitrogens with zero attached hydrogens (tertiary/aromatic N) is 2. The Kier molecular flexibility index (Phi) is 7.57. The number of hydrogen-bond acceptors (Lipinski definition) is 9. The Morgan fingerprint density at radius 3 is 2.55 bits per heavy atom. The number of nitroso groups, excluding NO2 is 1. The summed E-state index contributed by atoms with van der Waals surface area (Å²) in [6.45, 7) is 3.87. The van der Waals surface area contributed by atoms with Crippen molar-refractivity contribution in [2.24, 2.45) is 5.18 Å². The van der Waals surface area contributed by atoms with Crippen LogP contribution in [0.5, 0.6) is 11.5 Å². The van der Waals surface area contributed by atoms with Crippen molar-refractivity contribution < 1.29 is 24.2 Å². The Balaban J connectivity index is 2.26. The molecule has 1 atom stereocenters. The lowest BCUT2D eigenvalue weighted by atomic mass is 9.96. The van der Waals surface area contributed by atoms with Crippen molar-refractivity contribution in [3.63, 3.8) is 0 Å². The first-order valence-corrected chi connectivity index (χ1v) is 10.2. The van der Waals surface area contributed by atoms with Crippen molar-refractivity contribution in [2.45, 2.75) is 26.4 Å². The van der Waals surface area contributed by atoms with Gasteiger partial charge in [-0.25, -0.2) is 9.78 Å². The summed E-state index contributed by atoms with van der Waals surface area (Å²) in [6, 6.07) is 9.57. The molecule has 1 heterocycles. The van der Waals surface area contributed by atoms with Crippen molar-refractivity contribution in [3.8, 4) is 11.5 Å². The number of benzene rings is 2. The Labute approximate surface area is 190 Å². The van der Waals surface area contributed by atoms with E-state index in [1.165, 1.54) is 32.5 Å². The Hall–Kier alpha value is -3.98. The van der Waals surface area contributed by atoms with Crippen molar-refractivity contribution in [3.05, 3.63) is 70.4 Å². The number of methoxy groups -OCH3 is 2. The number of anilines is 1. The minimum atomic E-state index is -0.784. The molecule has 172 valence electrons. The van der Waals surface area contributed by atoms with E-state index in [1.807, 2.05) is 19.9 Å². The second-order valence-corrected chi connectivity index (χ2v) is 7.41. The topological polar surface area (TPSA) is 119 Å². The maximum atomic E-state index is 12.8. The van der Waals surface area contributed by atoms with E-state index in [-0.39, 0.29) is 17.1 Å². The lowest BCUT2D eigenvalue weighted by Gasteiger charge is -2.23. The smallest absolute Gasteiger partial charge is 0.357 e. The van der Waals surface area contributed by atoms with Crippen LogP contribution in [-0.4, -0.2) is 30.4 Å². The number of esters is 1. The maximum absolute atomic E-state index is 12.8. The summed E-state index contributed by atoms with van der Waals surface area (Å²) in [5.41, 5.74) is 4.15. The van der Waals surface area contributed by atoms with Crippen LogP contribution in [0, 0.1) is 4.91 Å². The van der Waals surface area contributed by atoms with E-state index in [1.54, 1.807) is 24.3 Å². The predicted octanol–water partition coefficient (Wildman–Crippen LogP) is 5.71. The number of rotatable bonds is 9. The van der Waals surface area contributed by atoms with Gasteiger partial charge in [-0.15, -0.1) is 4.91 Å². The summed E-state index contributed by atoms with van der Waals surface area (Å²) in [5.74, 6) is 0.000737. The number of ether oxygens (including phenoxy) is 3. The second-order valence-electron chi connectivity index (χ2n) is 7.41. The van der Waals surface area contributed by atoms with Gasteiger partial charge in [0.15, 0.2) is 0 Å². The third-order valence-corrected chi connectivity index (χ3v) is 5.06. The zero-order chi connectivity index (χ0) is 24.0. The summed E-state index contributed by atoms with van der Waals surface area (Å²) < 4.78 is 17.1. The van der Waals surface area contributed by atoms with Crippen molar-refractivity contribution in [2.75, 3.05) is 19.7 Å². The molecule has 1 aromatic heterocycles. The van der Waals surface area contributed by atoms with Crippen molar-refractivity contribution in [1.82, 2.24) is 4.98 Å². The molecule has 0 fully saturated rings. The highest BCUT2D eigenvalue weighted by atomic mass is 16.5. The molecule has 0 saturated heterocycles. The van der Waals surface area contributed by atoms with Crippen LogP contribution < -0.4 is 15.0 Å². The van der Waals surface area contributed by atoms with E-state index < -0.39 is 12.1 Å². The highest BCUT2D eigenvalue weighted by Crippen LogP contribution is 2.48. The predicted molar refractivity (Wildman–Crippen MR) is 124 cm³/mol. The lowest BCUT2D eigenvalue weighted by Crippen LogP contribution is -2.14. The number of pyridine rings is 1. The van der Waals surface area contributed by atoms with Crippen molar-refractivity contribution >= 4 is 28.1 Å². The van der Waals surface area contributed by atoms with Crippen LogP contribution >= 0.6 is 0 Å². The molecule has 2 aromatic carbocycles. The average molecular weight is 451 g/mol. The molecule has 3 aromatic rings. The summed E-state index contributed by atoms with van der Waals surface area (Å²) in [7, 11) is 2.90. The van der Waals surface area contributed by atoms with E-state index in [0.29, 0.717) is 34.2 Å². The molecule has 0 amide bonds. The van der Waals surface area contributed by atoms with Crippen LogP contribution in [0.2, 0.25) is 0 Å². The highest BCUT2D eigenvalue weighted by Gasteiger charge is 2.27. The second kappa shape index (κ2) is 10.6. The summed E-state index contributed by atoms with van der Waals surface area (Å²) >= 11 is 0. The van der Waals surface area contributed by atoms with E-state index in [4.69, 9.17) is 14.2 Å². The summed E-state index contributed by atoms with van der Waals surface area (Å²) in [6.07, 6.45) is 2.99. The van der Waals surface area contributed by atoms with Gasteiger partial charge in [-0.3, -0.25) is 10.7 Å². The molecule has 0 aliphatic rings. The molecular weight excluding hydrogens is 426 g/mol. The molecule has 0 spiro atoms. The van der Waals surface area contributed by atoms with E-state index in [2.05, 4.69) is 15.6 Å². The summed E-state index contributed by atoms with van der Waals surface area (Å²) in [4.78, 5) is 28.5. The van der Waals surface area contributed by atoms with Gasteiger partial charge in [0.2, 0.25) is 0 Å². The van der Waals surface area contributed by atoms with Gasteiger partial charge in [0.05, 0.1) is 30.7 Å². The van der Waals surface area contributed by atoms with Gasteiger partial charge in [0.1, 0.15) is 29.0 Å². The monoisotopic (exact) mass is 451 g/mol. The molecule has 9 nitrogen and oxygen atoms in total. The highest BCUT2D eigenvalue weighted by molar-refractivity contribution is 6.08. The van der Waals surface area contributed by atoms with E-state index in [9.17, 15) is 14.9 Å². The molecule has 9 heteroatoms. The molecule has 2 N–H and O–H groups in total. The fraction of sp³-hybridized carbons (Fsp3) is 0.250. The third-order valence-electron chi connectivity index (χ3n) is 5.06. The quantitative estimate of drug-likeness (QED) is 0.184. The molecule has 0 aliphatic heterocycles. The van der Waals surface area contributed by atoms with Gasteiger partial charge in [-0.1, -0.05) is 17.7 Å². The van der Waals surface area contributed by atoms with Gasteiger partial charge in [0.25, 0.3) is 0 Å². The first kappa shape index (κ1) is 23.7. The first-order chi connectivity index (χ1) is 15.9.